The van der Waals surface area contributed by atoms with Gasteiger partial charge in [0.25, 0.3) is 15.8 Å². The van der Waals surface area contributed by atoms with Crippen LogP contribution in [0.5, 0.6) is 0 Å². The standard InChI is InChI=1S/C11H11BrN3O2S/c1-3-11(14-8-13-2)15-18(16,17)10-6-4-9(12)5-7-10/h2-8,15H,1H3/q+1/b11-3+,14-8?. The van der Waals surface area contributed by atoms with Gasteiger partial charge in [-0.1, -0.05) is 15.9 Å². The Balaban J connectivity index is 2.99. The van der Waals surface area contributed by atoms with Gasteiger partial charge in [-0.05, 0) is 42.3 Å². The van der Waals surface area contributed by atoms with Gasteiger partial charge in [-0.2, -0.15) is 4.85 Å². The maximum atomic E-state index is 12.0. The van der Waals surface area contributed by atoms with Crippen LogP contribution >= 0.6 is 15.9 Å². The number of nitrogens with one attached hydrogen (secondary N) is 1. The highest BCUT2D eigenvalue weighted by Crippen LogP contribution is 2.15. The number of halogens is 1. The average molecular weight is 329 g/mol. The molecule has 0 aliphatic rings. The lowest BCUT2D eigenvalue weighted by Gasteiger charge is -2.04. The van der Waals surface area contributed by atoms with Crippen LogP contribution < -0.4 is 4.72 Å². The predicted octanol–water partition coefficient (Wildman–Crippen LogP) is 2.58. The first-order valence-electron chi connectivity index (χ1n) is 4.87. The third-order valence-corrected chi connectivity index (χ3v) is 3.80. The Morgan fingerprint density at radius 1 is 1.44 bits per heavy atom. The second-order valence-electron chi connectivity index (χ2n) is 3.13. The zero-order chi connectivity index (χ0) is 13.6. The van der Waals surface area contributed by atoms with Gasteiger partial charge in [0.15, 0.2) is 0 Å². The summed E-state index contributed by atoms with van der Waals surface area (Å²) >= 11 is 3.23. The van der Waals surface area contributed by atoms with Gasteiger partial charge < -0.3 is 0 Å². The highest BCUT2D eigenvalue weighted by molar-refractivity contribution is 9.10. The van der Waals surface area contributed by atoms with Crippen molar-refractivity contribution in [2.45, 2.75) is 11.8 Å². The molecule has 0 unspecified atom stereocenters. The van der Waals surface area contributed by atoms with Crippen LogP contribution in [0.4, 0.5) is 0 Å². The fourth-order valence-electron chi connectivity index (χ4n) is 1.07. The van der Waals surface area contributed by atoms with Gasteiger partial charge in [-0.3, -0.25) is 0 Å². The smallest absolute Gasteiger partial charge is 0.242 e. The van der Waals surface area contributed by atoms with E-state index < -0.39 is 10.0 Å². The summed E-state index contributed by atoms with van der Waals surface area (Å²) in [5.41, 5.74) is 0. The number of hydrogen-bond donors (Lipinski definition) is 1. The van der Waals surface area contributed by atoms with E-state index in [1.807, 2.05) is 0 Å². The number of nitrogens with zero attached hydrogens (tertiary/aromatic N) is 2. The van der Waals surface area contributed by atoms with Crippen molar-refractivity contribution in [3.05, 3.63) is 45.5 Å². The Hall–Kier alpha value is -1.65. The van der Waals surface area contributed by atoms with Crippen LogP contribution in [0.2, 0.25) is 0 Å². The highest BCUT2D eigenvalue weighted by atomic mass is 79.9. The number of rotatable bonds is 4. The molecule has 0 fully saturated rings. The Labute approximate surface area is 114 Å². The summed E-state index contributed by atoms with van der Waals surface area (Å²) in [7, 11) is -3.65. The largest absolute Gasteiger partial charge is 0.391 e. The lowest BCUT2D eigenvalue weighted by Crippen LogP contribution is -2.22. The Morgan fingerprint density at radius 2 is 2.06 bits per heavy atom. The molecule has 0 atom stereocenters. The quantitative estimate of drug-likeness (QED) is 0.682. The van der Waals surface area contributed by atoms with E-state index in [-0.39, 0.29) is 10.7 Å². The van der Waals surface area contributed by atoms with Crippen molar-refractivity contribution in [2.75, 3.05) is 0 Å². The lowest BCUT2D eigenvalue weighted by atomic mass is 10.4. The zero-order valence-corrected chi connectivity index (χ0v) is 11.9. The van der Waals surface area contributed by atoms with Crippen LogP contribution in [0, 0.1) is 6.57 Å². The molecule has 0 aliphatic heterocycles. The maximum Gasteiger partial charge on any atom is 0.391 e. The summed E-state index contributed by atoms with van der Waals surface area (Å²) in [5, 5.41) is 0. The monoisotopic (exact) mass is 328 g/mol. The van der Waals surface area contributed by atoms with E-state index in [2.05, 4.69) is 30.5 Å². The van der Waals surface area contributed by atoms with Crippen molar-refractivity contribution in [1.82, 2.24) is 4.72 Å². The average Bonchev–Trinajstić information content (AvgIpc) is 2.35. The van der Waals surface area contributed by atoms with E-state index in [0.29, 0.717) is 0 Å². The van der Waals surface area contributed by atoms with Crippen LogP contribution in [-0.2, 0) is 10.0 Å². The van der Waals surface area contributed by atoms with Crippen molar-refractivity contribution in [2.24, 2.45) is 4.99 Å². The summed E-state index contributed by atoms with van der Waals surface area (Å²) in [4.78, 5) is 7.04. The molecule has 5 nitrogen and oxygen atoms in total. The number of sulfonamides is 1. The molecular weight excluding hydrogens is 318 g/mol. The SMILES string of the molecule is C#[N+]C=N/C(=C\C)NS(=O)(=O)c1ccc(Br)cc1. The third kappa shape index (κ3) is 3.98. The molecule has 18 heavy (non-hydrogen) atoms. The first kappa shape index (κ1) is 14.4. The minimum absolute atomic E-state index is 0.143. The lowest BCUT2D eigenvalue weighted by molar-refractivity contribution is 0.588. The predicted molar refractivity (Wildman–Crippen MR) is 75.0 cm³/mol. The Morgan fingerprint density at radius 3 is 2.56 bits per heavy atom. The van der Waals surface area contributed by atoms with E-state index in [0.717, 1.165) is 10.8 Å². The van der Waals surface area contributed by atoms with Crippen molar-refractivity contribution < 1.29 is 8.42 Å². The van der Waals surface area contributed by atoms with E-state index in [1.54, 1.807) is 19.1 Å². The molecule has 0 spiro atoms. The van der Waals surface area contributed by atoms with Crippen LogP contribution in [0.25, 0.3) is 4.85 Å². The molecular formula is C11H11BrN3O2S+. The molecule has 7 heteroatoms. The molecule has 0 aromatic heterocycles. The fourth-order valence-corrected chi connectivity index (χ4v) is 2.39. The van der Waals surface area contributed by atoms with Crippen LogP contribution in [0.15, 0.2) is 50.5 Å². The second kappa shape index (κ2) is 6.33. The fraction of sp³-hybridized carbons (Fsp3) is 0.0909. The molecule has 1 aromatic rings. The van der Waals surface area contributed by atoms with Crippen molar-refractivity contribution in [3.63, 3.8) is 0 Å². The minimum Gasteiger partial charge on any atom is -0.242 e. The first-order chi connectivity index (χ1) is 8.49. The molecule has 94 valence electrons. The summed E-state index contributed by atoms with van der Waals surface area (Å²) in [6.07, 6.45) is 2.55. The summed E-state index contributed by atoms with van der Waals surface area (Å²) in [6, 6.07) is 6.25. The second-order valence-corrected chi connectivity index (χ2v) is 5.73. The van der Waals surface area contributed by atoms with Gasteiger partial charge in [-0.25, -0.2) is 13.1 Å². The number of allylic oxidation sites excluding steroid dienone is 1. The molecule has 0 bridgehead atoms. The molecule has 1 aromatic carbocycles. The van der Waals surface area contributed by atoms with Gasteiger partial charge in [0.05, 0.1) is 4.90 Å². The molecule has 0 saturated carbocycles. The Kier molecular flexibility index (Phi) is 5.07. The van der Waals surface area contributed by atoms with Gasteiger partial charge in [0.1, 0.15) is 6.57 Å². The van der Waals surface area contributed by atoms with Crippen LogP contribution in [0.3, 0.4) is 0 Å². The normalized spacial score (nSPS) is 12.4. The van der Waals surface area contributed by atoms with E-state index >= 15 is 0 Å². The maximum absolute atomic E-state index is 12.0. The molecule has 0 heterocycles. The van der Waals surface area contributed by atoms with Crippen molar-refractivity contribution in [1.29, 1.82) is 0 Å². The molecule has 0 aliphatic carbocycles. The molecule has 0 amide bonds. The molecule has 1 rings (SSSR count). The molecule has 0 radical (unpaired) electrons. The minimum atomic E-state index is -3.65. The molecule has 0 saturated heterocycles. The number of aliphatic imine (C=N–C) groups is 1. The first-order valence-corrected chi connectivity index (χ1v) is 7.14. The highest BCUT2D eigenvalue weighted by Gasteiger charge is 2.16. The van der Waals surface area contributed by atoms with Gasteiger partial charge >= 0.3 is 6.34 Å². The van der Waals surface area contributed by atoms with Crippen LogP contribution in [-0.4, -0.2) is 14.8 Å². The third-order valence-electron chi connectivity index (χ3n) is 1.90. The van der Waals surface area contributed by atoms with Gasteiger partial charge in [-0.15, -0.1) is 0 Å². The number of hydrogen-bond acceptors (Lipinski definition) is 3. The number of benzene rings is 1. The van der Waals surface area contributed by atoms with E-state index in [9.17, 15) is 8.42 Å². The van der Waals surface area contributed by atoms with Crippen molar-refractivity contribution >= 4 is 32.3 Å². The zero-order valence-electron chi connectivity index (χ0n) is 9.54. The van der Waals surface area contributed by atoms with Gasteiger partial charge in [0, 0.05) is 4.47 Å². The van der Waals surface area contributed by atoms with E-state index in [4.69, 9.17) is 6.57 Å². The van der Waals surface area contributed by atoms with Crippen LogP contribution in [0.1, 0.15) is 6.92 Å². The topological polar surface area (TPSA) is 62.9 Å². The summed E-state index contributed by atoms with van der Waals surface area (Å²) in [6.45, 7) is 6.54. The van der Waals surface area contributed by atoms with Crippen molar-refractivity contribution in [3.8, 4) is 6.57 Å². The summed E-state index contributed by atoms with van der Waals surface area (Å²) < 4.78 is 27.1. The molecule has 1 N–H and O–H groups in total. The summed E-state index contributed by atoms with van der Waals surface area (Å²) in [5.74, 6) is 0.145. The van der Waals surface area contributed by atoms with E-state index in [1.165, 1.54) is 18.2 Å². The van der Waals surface area contributed by atoms with Gasteiger partial charge in [0.2, 0.25) is 0 Å². The Bertz CT molecular complexity index is 613.